The van der Waals surface area contributed by atoms with Crippen LogP contribution in [0.3, 0.4) is 0 Å². The molecule has 1 rings (SSSR count). The summed E-state index contributed by atoms with van der Waals surface area (Å²) >= 11 is 1.85. The number of rotatable bonds is 5. The van der Waals surface area contributed by atoms with E-state index in [1.165, 1.54) is 5.04 Å². The number of hydrazone groups is 1. The fraction of sp³-hybridized carbons (Fsp3) is 0.778. The van der Waals surface area contributed by atoms with Gasteiger partial charge in [-0.2, -0.15) is 5.10 Å². The molecule has 0 amide bonds. The Morgan fingerprint density at radius 1 is 1.86 bits per heavy atom. The van der Waals surface area contributed by atoms with Crippen LogP contribution in [0.1, 0.15) is 20.3 Å². The maximum Gasteiger partial charge on any atom is 0.0798 e. The monoisotopic (exact) mass is 214 g/mol. The van der Waals surface area contributed by atoms with Crippen LogP contribution in [-0.2, 0) is 0 Å². The summed E-state index contributed by atoms with van der Waals surface area (Å²) in [6.45, 7) is 4.67. The van der Waals surface area contributed by atoms with Gasteiger partial charge in [-0.05, 0) is 19.3 Å². The fourth-order valence-corrected chi connectivity index (χ4v) is 2.32. The van der Waals surface area contributed by atoms with Crippen LogP contribution in [0.15, 0.2) is 10.1 Å². The molecule has 0 aromatic rings. The summed E-state index contributed by atoms with van der Waals surface area (Å²) in [5.41, 5.74) is 7.94. The van der Waals surface area contributed by atoms with E-state index in [1.807, 2.05) is 18.0 Å². The minimum absolute atomic E-state index is 0.390. The number of aliphatic imine (C=N–C) groups is 1. The summed E-state index contributed by atoms with van der Waals surface area (Å²) < 4.78 is 0. The van der Waals surface area contributed by atoms with Crippen LogP contribution in [0.5, 0.6) is 0 Å². The first kappa shape index (κ1) is 11.5. The highest BCUT2D eigenvalue weighted by atomic mass is 32.2. The first-order valence-corrected chi connectivity index (χ1v) is 5.84. The van der Waals surface area contributed by atoms with Gasteiger partial charge in [0.1, 0.15) is 0 Å². The lowest BCUT2D eigenvalue weighted by atomic mass is 10.0. The summed E-state index contributed by atoms with van der Waals surface area (Å²) in [5.74, 6) is 1.67. The second-order valence-corrected chi connectivity index (χ2v) is 4.63. The van der Waals surface area contributed by atoms with Gasteiger partial charge in [0.05, 0.1) is 17.8 Å². The highest BCUT2D eigenvalue weighted by molar-refractivity contribution is 8.14. The smallest absolute Gasteiger partial charge is 0.0798 e. The van der Waals surface area contributed by atoms with Crippen molar-refractivity contribution in [3.8, 4) is 0 Å². The lowest BCUT2D eigenvalue weighted by Crippen LogP contribution is -2.18. The van der Waals surface area contributed by atoms with E-state index in [4.69, 9.17) is 5.73 Å². The number of hydrogen-bond donors (Lipinski definition) is 2. The lowest BCUT2D eigenvalue weighted by molar-refractivity contribution is 0.516. The largest absolute Gasteiger partial charge is 0.313 e. The molecule has 0 saturated heterocycles. The zero-order valence-corrected chi connectivity index (χ0v) is 9.55. The van der Waals surface area contributed by atoms with Crippen molar-refractivity contribution in [3.05, 3.63) is 0 Å². The SMILES string of the molecule is CC1=NC([C@@H](C)C/C=N\NCN)CS1. The number of hydrogen-bond acceptors (Lipinski definition) is 5. The van der Waals surface area contributed by atoms with Gasteiger partial charge in [0.25, 0.3) is 0 Å². The molecule has 1 aliphatic heterocycles. The number of nitrogens with two attached hydrogens (primary N) is 1. The van der Waals surface area contributed by atoms with E-state index >= 15 is 0 Å². The Morgan fingerprint density at radius 2 is 2.64 bits per heavy atom. The molecule has 5 heteroatoms. The molecule has 2 atom stereocenters. The molecule has 3 N–H and O–H groups in total. The molecule has 0 aliphatic carbocycles. The van der Waals surface area contributed by atoms with Crippen LogP contribution in [-0.4, -0.2) is 29.7 Å². The summed E-state index contributed by atoms with van der Waals surface area (Å²) in [7, 11) is 0. The molecule has 1 unspecified atom stereocenters. The van der Waals surface area contributed by atoms with Gasteiger partial charge in [0, 0.05) is 12.0 Å². The molecule has 1 aliphatic rings. The van der Waals surface area contributed by atoms with Gasteiger partial charge in [0.2, 0.25) is 0 Å². The lowest BCUT2D eigenvalue weighted by Gasteiger charge is -2.12. The molecule has 0 aromatic heterocycles. The minimum atomic E-state index is 0.390. The van der Waals surface area contributed by atoms with Crippen molar-refractivity contribution in [1.82, 2.24) is 5.43 Å². The van der Waals surface area contributed by atoms with Crippen molar-refractivity contribution in [2.24, 2.45) is 21.7 Å². The minimum Gasteiger partial charge on any atom is -0.313 e. The molecular formula is C9H18N4S. The van der Waals surface area contributed by atoms with Crippen molar-refractivity contribution < 1.29 is 0 Å². The Morgan fingerprint density at radius 3 is 3.21 bits per heavy atom. The van der Waals surface area contributed by atoms with Gasteiger partial charge in [-0.15, -0.1) is 11.8 Å². The Bertz CT molecular complexity index is 227. The summed E-state index contributed by atoms with van der Waals surface area (Å²) in [6, 6.07) is 0.462. The summed E-state index contributed by atoms with van der Waals surface area (Å²) in [6.07, 6.45) is 2.83. The van der Waals surface area contributed by atoms with Crippen LogP contribution in [0.25, 0.3) is 0 Å². The zero-order chi connectivity index (χ0) is 10.4. The van der Waals surface area contributed by atoms with E-state index in [-0.39, 0.29) is 0 Å². The van der Waals surface area contributed by atoms with E-state index in [0.29, 0.717) is 18.6 Å². The predicted molar refractivity (Wildman–Crippen MR) is 63.8 cm³/mol. The molecule has 4 nitrogen and oxygen atoms in total. The predicted octanol–water partition coefficient (Wildman–Crippen LogP) is 1.04. The molecule has 80 valence electrons. The van der Waals surface area contributed by atoms with Gasteiger partial charge in [0.15, 0.2) is 0 Å². The van der Waals surface area contributed by atoms with Gasteiger partial charge >= 0.3 is 0 Å². The Hall–Kier alpha value is -0.550. The van der Waals surface area contributed by atoms with Crippen LogP contribution in [0, 0.1) is 5.92 Å². The van der Waals surface area contributed by atoms with E-state index in [9.17, 15) is 0 Å². The first-order chi connectivity index (χ1) is 6.74. The number of thioether (sulfide) groups is 1. The fourth-order valence-electron chi connectivity index (χ4n) is 1.30. The van der Waals surface area contributed by atoms with Crippen LogP contribution in [0.4, 0.5) is 0 Å². The summed E-state index contributed by atoms with van der Waals surface area (Å²) in [4.78, 5) is 4.56. The van der Waals surface area contributed by atoms with Crippen molar-refractivity contribution in [1.29, 1.82) is 0 Å². The molecule has 0 spiro atoms. The molecule has 14 heavy (non-hydrogen) atoms. The van der Waals surface area contributed by atoms with Crippen LogP contribution < -0.4 is 11.2 Å². The first-order valence-electron chi connectivity index (χ1n) is 4.85. The maximum absolute atomic E-state index is 5.24. The quantitative estimate of drug-likeness (QED) is 0.408. The third-order valence-corrected chi connectivity index (χ3v) is 3.25. The van der Waals surface area contributed by atoms with E-state index < -0.39 is 0 Å². The van der Waals surface area contributed by atoms with Crippen molar-refractivity contribution in [2.45, 2.75) is 26.3 Å². The zero-order valence-electron chi connectivity index (χ0n) is 8.73. The Labute approximate surface area is 89.4 Å². The highest BCUT2D eigenvalue weighted by Gasteiger charge is 2.20. The van der Waals surface area contributed by atoms with E-state index in [2.05, 4.69) is 29.4 Å². The van der Waals surface area contributed by atoms with Crippen molar-refractivity contribution >= 4 is 23.0 Å². The Balaban J connectivity index is 2.25. The van der Waals surface area contributed by atoms with Gasteiger partial charge in [-0.3, -0.25) is 10.4 Å². The number of nitrogens with zero attached hydrogens (tertiary/aromatic N) is 2. The normalized spacial score (nSPS) is 23.9. The Kier molecular flexibility index (Phi) is 4.97. The van der Waals surface area contributed by atoms with E-state index in [1.54, 1.807) is 0 Å². The average Bonchev–Trinajstić information content (AvgIpc) is 2.59. The number of nitrogens with one attached hydrogen (secondary N) is 1. The van der Waals surface area contributed by atoms with Gasteiger partial charge in [-0.1, -0.05) is 6.92 Å². The van der Waals surface area contributed by atoms with E-state index in [0.717, 1.165) is 12.2 Å². The average molecular weight is 214 g/mol. The molecule has 0 fully saturated rings. The molecular weight excluding hydrogens is 196 g/mol. The topological polar surface area (TPSA) is 62.8 Å². The van der Waals surface area contributed by atoms with Crippen molar-refractivity contribution in [3.63, 3.8) is 0 Å². The summed E-state index contributed by atoms with van der Waals surface area (Å²) in [5, 5.41) is 5.17. The highest BCUT2D eigenvalue weighted by Crippen LogP contribution is 2.24. The molecule has 0 bridgehead atoms. The van der Waals surface area contributed by atoms with Crippen LogP contribution >= 0.6 is 11.8 Å². The maximum atomic E-state index is 5.24. The molecule has 0 saturated carbocycles. The molecule has 1 heterocycles. The van der Waals surface area contributed by atoms with Crippen LogP contribution in [0.2, 0.25) is 0 Å². The van der Waals surface area contributed by atoms with Gasteiger partial charge < -0.3 is 5.73 Å². The second-order valence-electron chi connectivity index (χ2n) is 3.41. The van der Waals surface area contributed by atoms with Gasteiger partial charge in [-0.25, -0.2) is 0 Å². The molecule has 0 radical (unpaired) electrons. The third kappa shape index (κ3) is 3.67. The molecule has 0 aromatic carbocycles. The van der Waals surface area contributed by atoms with Crippen molar-refractivity contribution in [2.75, 3.05) is 12.4 Å². The standard InChI is InChI=1S/C9H18N4S/c1-7(3-4-11-12-6-10)9-5-14-8(2)13-9/h4,7,9,12H,3,5-6,10H2,1-2H3/b11-4-/t7-,9?/m0/s1. The second kappa shape index (κ2) is 6.03. The third-order valence-electron chi connectivity index (χ3n) is 2.22.